The fraction of sp³-hybridized carbons (Fsp3) is 0.954. The van der Waals surface area contributed by atoms with E-state index >= 15 is 4.79 Å². The van der Waals surface area contributed by atoms with Crippen LogP contribution in [-0.4, -0.2) is 303 Å². The molecule has 0 aromatic carbocycles. The second-order valence-corrected chi connectivity index (χ2v) is 31.4. The predicted octanol–water partition coefficient (Wildman–Crippen LogP) is -3.69. The van der Waals surface area contributed by atoms with E-state index in [2.05, 4.69) is 54.5 Å². The van der Waals surface area contributed by atoms with Gasteiger partial charge in [0.25, 0.3) is 0 Å². The Morgan fingerprint density at radius 2 is 1.04 bits per heavy atom. The number of allylic oxidation sites excluding steroid dienone is 2. The average Bonchev–Trinajstić information content (AvgIpc) is 0.673. The summed E-state index contributed by atoms with van der Waals surface area (Å²) in [6.07, 6.45) is -38.5. The zero-order chi connectivity index (χ0) is 69.3. The third-order valence-corrected chi connectivity index (χ3v) is 25.2. The molecule has 37 atom stereocenters. The summed E-state index contributed by atoms with van der Waals surface area (Å²) in [6, 6.07) is 0. The highest BCUT2D eigenvalue weighted by atomic mass is 16.8. The van der Waals surface area contributed by atoms with Crippen LogP contribution in [0, 0.1) is 50.2 Å². The number of carbonyl (C=O) groups excluding carboxylic acids is 1. The lowest BCUT2D eigenvalue weighted by Gasteiger charge is -2.71. The molecule has 95 heavy (non-hydrogen) atoms. The Balaban J connectivity index is 0.762. The molecule has 4 saturated carbocycles. The van der Waals surface area contributed by atoms with Crippen molar-refractivity contribution in [2.24, 2.45) is 50.2 Å². The average molecular weight is 1370 g/mol. The summed E-state index contributed by atoms with van der Waals surface area (Å²) in [6.45, 7) is 16.2. The highest BCUT2D eigenvalue weighted by Crippen LogP contribution is 2.76. The number of hydrogen-bond acceptors (Lipinski definition) is 30. The highest BCUT2D eigenvalue weighted by molar-refractivity contribution is 5.79. The molecule has 11 rings (SSSR count). The van der Waals surface area contributed by atoms with Crippen LogP contribution in [0.5, 0.6) is 0 Å². The van der Waals surface area contributed by atoms with Crippen molar-refractivity contribution in [3.8, 4) is 0 Å². The number of carbonyl (C=O) groups is 1. The van der Waals surface area contributed by atoms with Crippen LogP contribution in [0.2, 0.25) is 0 Å². The molecule has 0 aromatic rings. The first kappa shape index (κ1) is 74.3. The number of fused-ring (bicyclic) bond motifs is 7. The third-order valence-electron chi connectivity index (χ3n) is 25.2. The monoisotopic (exact) mass is 1370 g/mol. The lowest BCUT2D eigenvalue weighted by atomic mass is 9.33. The van der Waals surface area contributed by atoms with Crippen molar-refractivity contribution in [1.29, 1.82) is 0 Å². The fourth-order valence-corrected chi connectivity index (χ4v) is 19.0. The second-order valence-electron chi connectivity index (χ2n) is 31.4. The molecule has 6 heterocycles. The molecular formula is C65H106O30. The van der Waals surface area contributed by atoms with Gasteiger partial charge in [-0.2, -0.15) is 0 Å². The van der Waals surface area contributed by atoms with Crippen LogP contribution >= 0.6 is 0 Å². The van der Waals surface area contributed by atoms with E-state index in [-0.39, 0.29) is 40.6 Å². The van der Waals surface area contributed by atoms with E-state index in [1.54, 1.807) is 0 Å². The zero-order valence-corrected chi connectivity index (χ0v) is 55.4. The van der Waals surface area contributed by atoms with Crippen molar-refractivity contribution in [2.75, 3.05) is 26.4 Å². The number of hydrogen-bond donors (Lipinski definition) is 17. The summed E-state index contributed by atoms with van der Waals surface area (Å²) in [7, 11) is 0. The van der Waals surface area contributed by atoms with Crippen LogP contribution in [0.25, 0.3) is 0 Å². The van der Waals surface area contributed by atoms with Crippen LogP contribution in [0.3, 0.4) is 0 Å². The van der Waals surface area contributed by atoms with Crippen LogP contribution < -0.4 is 0 Å². The Hall–Kier alpha value is -1.91. The lowest BCUT2D eigenvalue weighted by molar-refractivity contribution is -0.382. The molecule has 0 radical (unpaired) electrons. The molecule has 546 valence electrons. The van der Waals surface area contributed by atoms with Gasteiger partial charge in [0.15, 0.2) is 31.5 Å². The minimum atomic E-state index is -1.91. The number of ether oxygens (including phenoxy) is 12. The Kier molecular flexibility index (Phi) is 21.7. The molecule has 17 N–H and O–H groups in total. The molecule has 30 nitrogen and oxygen atoms in total. The van der Waals surface area contributed by atoms with Crippen LogP contribution in [-0.2, 0) is 61.6 Å². The van der Waals surface area contributed by atoms with Gasteiger partial charge in [-0.05, 0) is 123 Å². The van der Waals surface area contributed by atoms with Gasteiger partial charge in [-0.1, -0.05) is 60.1 Å². The van der Waals surface area contributed by atoms with Gasteiger partial charge >= 0.3 is 5.97 Å². The Morgan fingerprint density at radius 3 is 1.71 bits per heavy atom. The summed E-state index contributed by atoms with van der Waals surface area (Å²) in [5.74, 6) is -0.646. The van der Waals surface area contributed by atoms with Crippen molar-refractivity contribution in [3.05, 3.63) is 11.6 Å². The topological polar surface area (TPSA) is 472 Å². The maximum atomic E-state index is 15.3. The van der Waals surface area contributed by atoms with E-state index in [1.165, 1.54) is 19.4 Å². The van der Waals surface area contributed by atoms with Gasteiger partial charge in [0.1, 0.15) is 128 Å². The fourth-order valence-electron chi connectivity index (χ4n) is 19.0. The van der Waals surface area contributed by atoms with Crippen LogP contribution in [0.4, 0.5) is 0 Å². The van der Waals surface area contributed by atoms with E-state index in [0.29, 0.717) is 44.9 Å². The minimum Gasteiger partial charge on any atom is -0.432 e. The van der Waals surface area contributed by atoms with Crippen LogP contribution in [0.15, 0.2) is 11.6 Å². The van der Waals surface area contributed by atoms with Gasteiger partial charge < -0.3 is 144 Å². The summed E-state index contributed by atoms with van der Waals surface area (Å²) in [4.78, 5) is 15.3. The third kappa shape index (κ3) is 12.9. The van der Waals surface area contributed by atoms with Crippen molar-refractivity contribution in [1.82, 2.24) is 0 Å². The normalized spacial score (nSPS) is 54.6. The van der Waals surface area contributed by atoms with Crippen molar-refractivity contribution < 1.29 is 148 Å². The molecule has 0 aromatic heterocycles. The molecule has 6 aliphatic heterocycles. The first-order valence-electron chi connectivity index (χ1n) is 34.0. The van der Waals surface area contributed by atoms with Gasteiger partial charge in [0.2, 0.25) is 6.29 Å². The number of aliphatic hydroxyl groups excluding tert-OH is 17. The molecule has 6 saturated heterocycles. The van der Waals surface area contributed by atoms with Gasteiger partial charge in [-0.3, -0.25) is 4.79 Å². The zero-order valence-electron chi connectivity index (χ0n) is 55.4. The summed E-state index contributed by atoms with van der Waals surface area (Å²) in [5, 5.41) is 184. The predicted molar refractivity (Wildman–Crippen MR) is 319 cm³/mol. The molecule has 10 fully saturated rings. The van der Waals surface area contributed by atoms with Crippen molar-refractivity contribution >= 4 is 5.97 Å². The summed E-state index contributed by atoms with van der Waals surface area (Å²) >= 11 is 0. The molecule has 0 amide bonds. The van der Waals surface area contributed by atoms with E-state index < -0.39 is 226 Å². The van der Waals surface area contributed by atoms with E-state index in [4.69, 9.17) is 56.8 Å². The Labute approximate surface area is 551 Å². The lowest BCUT2D eigenvalue weighted by Crippen LogP contribution is -2.66. The standard InChI is InChI=1S/C65H106O30/c1-25-36(69)41(74)45(78)54(86-25)92-50-31(22-67)89-53(48(81)44(50)77)85-24-32-40(73)43(76)47(80)56(90-32)95-59(83)65-18-16-60(3,4)20-28(65)27-10-11-34-62(7)14-13-35(61(5,6)33(62)12-15-64(34,9)63(27,8)17-19-65)91-58-52(38(71)29(68)23-84-58)94-57-49(82)51(37(70)26(2)87-57)93-55-46(79)42(75)39(72)30(21-66)88-55/h10,25-26,28-58,66-82H,11-24H2,1-9H3/t25-,26-,28-,29-,30+,31+,32+,33-,34+,35-,36-,37-,38-,39+,40+,41+,42-,43-,44+,45+,46+,47+,48+,49+,50+,51+,52+,53+,54-,55-,56-,57-,58-,62-,63+,64+,65-/m1/s1. The summed E-state index contributed by atoms with van der Waals surface area (Å²) < 4.78 is 71.6. The Morgan fingerprint density at radius 1 is 0.495 bits per heavy atom. The quantitative estimate of drug-likeness (QED) is 0.0426. The molecule has 0 bridgehead atoms. The number of rotatable bonds is 15. The van der Waals surface area contributed by atoms with E-state index in [1.807, 2.05) is 0 Å². The van der Waals surface area contributed by atoms with Crippen molar-refractivity contribution in [3.63, 3.8) is 0 Å². The van der Waals surface area contributed by atoms with Gasteiger partial charge in [0.05, 0.1) is 50.2 Å². The molecular weight excluding hydrogens is 1260 g/mol. The van der Waals surface area contributed by atoms with Crippen LogP contribution in [0.1, 0.15) is 127 Å². The maximum Gasteiger partial charge on any atom is 0.315 e. The van der Waals surface area contributed by atoms with E-state index in [0.717, 1.165) is 19.3 Å². The largest absolute Gasteiger partial charge is 0.432 e. The molecule has 11 aliphatic rings. The first-order valence-corrected chi connectivity index (χ1v) is 34.0. The minimum absolute atomic E-state index is 0.0952. The molecule has 0 unspecified atom stereocenters. The van der Waals surface area contributed by atoms with Gasteiger partial charge in [-0.15, -0.1) is 0 Å². The molecule has 30 heteroatoms. The second kappa shape index (κ2) is 27.7. The van der Waals surface area contributed by atoms with Crippen molar-refractivity contribution in [2.45, 2.75) is 311 Å². The first-order chi connectivity index (χ1) is 44.5. The maximum absolute atomic E-state index is 15.3. The Bertz CT molecular complexity index is 2670. The summed E-state index contributed by atoms with van der Waals surface area (Å²) in [5.41, 5.74) is -1.49. The van der Waals surface area contributed by atoms with Gasteiger partial charge in [0, 0.05) is 0 Å². The number of aliphatic hydroxyl groups is 17. The SMILES string of the molecule is C[C@H]1O[C@H](O[C@@H]2[C@@H](O)[C@H](O)[C@@H](OC[C@@H]3O[C@H](OC(=O)[C@@]45CCC(C)(C)C[C@@H]4C4=CC[C@H]6[C@]7(C)CC[C@@H](O[C@H]8OC[C@@H](O)[C@@H](O)[C@@H]8O[C@H]8O[C@H](C)[C@@H](O)[C@H](O[C@H]9O[C@@H](CO)[C@H](O)[C@@H](O)[C@@H]9O)[C@@H]8O)C(C)(C)[C@H]7CC[C@]6(C)[C@@]4(C)CC5)[C@@H](O)[C@H](O)[C@H]3O)O[C@H]2CO)[C@@H](O)[C@@H](O)[C@@H]1O. The van der Waals surface area contributed by atoms with Gasteiger partial charge in [-0.25, -0.2) is 0 Å². The highest BCUT2D eigenvalue weighted by Gasteiger charge is 2.71. The molecule has 0 spiro atoms. The van der Waals surface area contributed by atoms with E-state index in [9.17, 15) is 86.8 Å². The molecule has 5 aliphatic carbocycles. The smallest absolute Gasteiger partial charge is 0.315 e. The number of esters is 1.